The van der Waals surface area contributed by atoms with Crippen molar-refractivity contribution in [3.8, 4) is 0 Å². The quantitative estimate of drug-likeness (QED) is 0.906. The van der Waals surface area contributed by atoms with Crippen LogP contribution in [0.5, 0.6) is 0 Å². The van der Waals surface area contributed by atoms with E-state index in [0.717, 1.165) is 37.0 Å². The molecule has 4 nitrogen and oxygen atoms in total. The van der Waals surface area contributed by atoms with Crippen molar-refractivity contribution in [2.45, 2.75) is 63.5 Å². The van der Waals surface area contributed by atoms with E-state index in [1.54, 1.807) is 0 Å². The molecule has 25 heavy (non-hydrogen) atoms. The highest BCUT2D eigenvalue weighted by atomic mass is 15.2. The third-order valence-electron chi connectivity index (χ3n) is 5.83. The first kappa shape index (κ1) is 15.2. The Hall–Kier alpha value is -2.10. The Labute approximate surface area is 149 Å². The van der Waals surface area contributed by atoms with Crippen LogP contribution in [-0.2, 0) is 13.0 Å². The van der Waals surface area contributed by atoms with Crippen LogP contribution in [0.1, 0.15) is 61.4 Å². The van der Waals surface area contributed by atoms with Crippen LogP contribution in [0.25, 0.3) is 0 Å². The monoisotopic (exact) mass is 334 g/mol. The summed E-state index contributed by atoms with van der Waals surface area (Å²) in [6, 6.07) is 11.6. The molecule has 2 aromatic rings. The van der Waals surface area contributed by atoms with Gasteiger partial charge in [-0.25, -0.2) is 9.97 Å². The summed E-state index contributed by atoms with van der Waals surface area (Å²) in [5, 5.41) is 3.68. The number of nitrogens with one attached hydrogen (secondary N) is 1. The number of hydrogen-bond acceptors (Lipinski definition) is 4. The number of aromatic nitrogens is 2. The van der Waals surface area contributed by atoms with Gasteiger partial charge in [0.25, 0.3) is 0 Å². The van der Waals surface area contributed by atoms with Crippen molar-refractivity contribution in [2.24, 2.45) is 0 Å². The number of benzene rings is 1. The first-order valence-corrected chi connectivity index (χ1v) is 9.82. The van der Waals surface area contributed by atoms with Gasteiger partial charge in [0, 0.05) is 31.1 Å². The molecule has 0 radical (unpaired) electrons. The molecule has 2 fully saturated rings. The maximum Gasteiger partial charge on any atom is 0.136 e. The second-order valence-corrected chi connectivity index (χ2v) is 7.81. The van der Waals surface area contributed by atoms with Crippen molar-refractivity contribution in [3.05, 3.63) is 47.3 Å². The fraction of sp³-hybridized carbons (Fsp3) is 0.524. The minimum atomic E-state index is 0.584. The number of fused-ring (bicyclic) bond motifs is 1. The lowest BCUT2D eigenvalue weighted by atomic mass is 10.00. The number of rotatable bonds is 4. The summed E-state index contributed by atoms with van der Waals surface area (Å²) in [7, 11) is 0. The van der Waals surface area contributed by atoms with Crippen molar-refractivity contribution in [1.82, 2.24) is 9.97 Å². The molecule has 1 N–H and O–H groups in total. The van der Waals surface area contributed by atoms with Crippen molar-refractivity contribution in [2.75, 3.05) is 16.8 Å². The first-order valence-electron chi connectivity index (χ1n) is 9.82. The molecule has 0 spiro atoms. The smallest absolute Gasteiger partial charge is 0.136 e. The zero-order valence-electron chi connectivity index (χ0n) is 14.7. The Kier molecular flexibility index (Phi) is 3.84. The van der Waals surface area contributed by atoms with Gasteiger partial charge in [0.1, 0.15) is 17.5 Å². The molecule has 3 aliphatic rings. The highest BCUT2D eigenvalue weighted by Crippen LogP contribution is 2.39. The Bertz CT molecular complexity index is 762. The van der Waals surface area contributed by atoms with Crippen molar-refractivity contribution in [1.29, 1.82) is 0 Å². The molecule has 4 heteroatoms. The molecule has 130 valence electrons. The highest BCUT2D eigenvalue weighted by Gasteiger charge is 2.29. The van der Waals surface area contributed by atoms with Gasteiger partial charge in [-0.2, -0.15) is 0 Å². The van der Waals surface area contributed by atoms with Crippen LogP contribution in [-0.4, -0.2) is 22.6 Å². The van der Waals surface area contributed by atoms with Crippen LogP contribution >= 0.6 is 0 Å². The standard InChI is InChI=1S/C21H26N4/c1-2-6-17-14-25(12-11-15(17)5-1)20-13-19(22-18-7-3-4-8-18)23-21(24-20)16-9-10-16/h1-2,5-6,13,16,18H,3-4,7-12,14H2,(H,22,23,24). The molecule has 0 bridgehead atoms. The van der Waals surface area contributed by atoms with Gasteiger partial charge >= 0.3 is 0 Å². The van der Waals surface area contributed by atoms with Gasteiger partial charge in [-0.1, -0.05) is 37.1 Å². The Morgan fingerprint density at radius 1 is 0.960 bits per heavy atom. The maximum atomic E-state index is 4.94. The average molecular weight is 334 g/mol. The Morgan fingerprint density at radius 3 is 2.56 bits per heavy atom. The Morgan fingerprint density at radius 2 is 1.76 bits per heavy atom. The molecule has 1 aromatic heterocycles. The summed E-state index contributed by atoms with van der Waals surface area (Å²) in [5.74, 6) is 3.78. The summed E-state index contributed by atoms with van der Waals surface area (Å²) in [4.78, 5) is 12.2. The third kappa shape index (κ3) is 3.22. The fourth-order valence-corrected chi connectivity index (χ4v) is 4.18. The van der Waals surface area contributed by atoms with Gasteiger partial charge in [-0.15, -0.1) is 0 Å². The summed E-state index contributed by atoms with van der Waals surface area (Å²) >= 11 is 0. The van der Waals surface area contributed by atoms with Gasteiger partial charge < -0.3 is 10.2 Å². The largest absolute Gasteiger partial charge is 0.367 e. The van der Waals surface area contributed by atoms with Crippen LogP contribution < -0.4 is 10.2 Å². The molecule has 5 rings (SSSR count). The van der Waals surface area contributed by atoms with Gasteiger partial charge in [-0.3, -0.25) is 0 Å². The van der Waals surface area contributed by atoms with Crippen LogP contribution in [0.3, 0.4) is 0 Å². The summed E-state index contributed by atoms with van der Waals surface area (Å²) in [5.41, 5.74) is 2.92. The first-order chi connectivity index (χ1) is 12.3. The van der Waals surface area contributed by atoms with Crippen molar-refractivity contribution < 1.29 is 0 Å². The van der Waals surface area contributed by atoms with E-state index < -0.39 is 0 Å². The molecule has 2 saturated carbocycles. The van der Waals surface area contributed by atoms with E-state index in [1.807, 2.05) is 0 Å². The molecule has 0 amide bonds. The molecular weight excluding hydrogens is 308 g/mol. The molecule has 1 aromatic carbocycles. The van der Waals surface area contributed by atoms with Crippen LogP contribution in [0.4, 0.5) is 11.6 Å². The SMILES string of the molecule is c1ccc2c(c1)CCN(c1cc(NC3CCCC3)nc(C3CC3)n1)C2. The van der Waals surface area contributed by atoms with Crippen LogP contribution in [0.2, 0.25) is 0 Å². The van der Waals surface area contributed by atoms with E-state index in [1.165, 1.54) is 49.7 Å². The maximum absolute atomic E-state index is 4.94. The number of anilines is 2. The Balaban J connectivity index is 1.43. The average Bonchev–Trinajstić information content (AvgIpc) is 3.39. The van der Waals surface area contributed by atoms with Crippen LogP contribution in [0.15, 0.2) is 30.3 Å². The van der Waals surface area contributed by atoms with E-state index >= 15 is 0 Å². The second-order valence-electron chi connectivity index (χ2n) is 7.81. The lowest BCUT2D eigenvalue weighted by molar-refractivity contribution is 0.710. The molecule has 0 atom stereocenters. The van der Waals surface area contributed by atoms with E-state index in [-0.39, 0.29) is 0 Å². The summed E-state index contributed by atoms with van der Waals surface area (Å²) < 4.78 is 0. The van der Waals surface area contributed by atoms with Gasteiger partial charge in [-0.05, 0) is 43.2 Å². The predicted octanol–water partition coefficient (Wildman–Crippen LogP) is 4.27. The van der Waals surface area contributed by atoms with Crippen LogP contribution in [0, 0.1) is 0 Å². The van der Waals surface area contributed by atoms with E-state index in [2.05, 4.69) is 40.5 Å². The fourth-order valence-electron chi connectivity index (χ4n) is 4.18. The molecular formula is C21H26N4. The molecule has 2 aliphatic carbocycles. The lowest BCUT2D eigenvalue weighted by Crippen LogP contribution is -2.31. The zero-order chi connectivity index (χ0) is 16.6. The molecule has 2 heterocycles. The molecule has 0 saturated heterocycles. The van der Waals surface area contributed by atoms with Gasteiger partial charge in [0.05, 0.1) is 0 Å². The zero-order valence-corrected chi connectivity index (χ0v) is 14.7. The topological polar surface area (TPSA) is 41.0 Å². The predicted molar refractivity (Wildman–Crippen MR) is 101 cm³/mol. The number of nitrogens with zero attached hydrogens (tertiary/aromatic N) is 3. The van der Waals surface area contributed by atoms with Gasteiger partial charge in [0.15, 0.2) is 0 Å². The molecule has 0 unspecified atom stereocenters. The highest BCUT2D eigenvalue weighted by molar-refractivity contribution is 5.52. The number of hydrogen-bond donors (Lipinski definition) is 1. The van der Waals surface area contributed by atoms with Crippen molar-refractivity contribution >= 4 is 11.6 Å². The normalized spacial score (nSPS) is 20.6. The van der Waals surface area contributed by atoms with E-state index in [9.17, 15) is 0 Å². The third-order valence-corrected chi connectivity index (χ3v) is 5.83. The van der Waals surface area contributed by atoms with Gasteiger partial charge in [0.2, 0.25) is 0 Å². The van der Waals surface area contributed by atoms with E-state index in [0.29, 0.717) is 12.0 Å². The van der Waals surface area contributed by atoms with E-state index in [4.69, 9.17) is 9.97 Å². The van der Waals surface area contributed by atoms with Crippen molar-refractivity contribution in [3.63, 3.8) is 0 Å². The minimum absolute atomic E-state index is 0.584. The lowest BCUT2D eigenvalue weighted by Gasteiger charge is -2.30. The minimum Gasteiger partial charge on any atom is -0.367 e. The second kappa shape index (κ2) is 6.32. The summed E-state index contributed by atoms with van der Waals surface area (Å²) in [6.45, 7) is 2.00. The molecule has 1 aliphatic heterocycles. The summed E-state index contributed by atoms with van der Waals surface area (Å²) in [6.07, 6.45) is 8.82.